The van der Waals surface area contributed by atoms with E-state index in [1.165, 1.54) is 0 Å². The maximum atomic E-state index is 12.8. The largest absolute Gasteiger partial charge is 0.493 e. The number of imidazole rings is 1. The number of anilines is 1. The van der Waals surface area contributed by atoms with Gasteiger partial charge in [0.2, 0.25) is 11.8 Å². The second-order valence-electron chi connectivity index (χ2n) is 9.41. The molecule has 190 valence electrons. The number of carbonyl (C=O) groups is 1. The zero-order valence-corrected chi connectivity index (χ0v) is 19.9. The van der Waals surface area contributed by atoms with Crippen molar-refractivity contribution in [3.8, 4) is 5.88 Å². The summed E-state index contributed by atoms with van der Waals surface area (Å²) in [5.41, 5.74) is 1.07. The van der Waals surface area contributed by atoms with E-state index in [-0.39, 0.29) is 17.5 Å². The first-order chi connectivity index (χ1) is 17.5. The molecule has 5 heterocycles. The number of fused-ring (bicyclic) bond motifs is 1. The van der Waals surface area contributed by atoms with E-state index in [2.05, 4.69) is 24.9 Å². The topological polar surface area (TPSA) is 147 Å². The first kappa shape index (κ1) is 22.7. The molecule has 3 aromatic rings. The number of piperazine rings is 1. The summed E-state index contributed by atoms with van der Waals surface area (Å²) in [5, 5.41) is 15.1. The van der Waals surface area contributed by atoms with Gasteiger partial charge in [-0.3, -0.25) is 19.7 Å². The second kappa shape index (κ2) is 9.39. The van der Waals surface area contributed by atoms with E-state index in [1.54, 1.807) is 16.8 Å². The van der Waals surface area contributed by atoms with Crippen molar-refractivity contribution in [1.82, 2.24) is 34.4 Å². The van der Waals surface area contributed by atoms with E-state index in [9.17, 15) is 14.7 Å². The highest BCUT2D eigenvalue weighted by atomic mass is 16.5. The molecular weight excluding hydrogens is 466 g/mol. The van der Waals surface area contributed by atoms with Gasteiger partial charge in [0, 0.05) is 50.6 Å². The Labute approximate surface area is 205 Å². The molecular formula is C23H29N9O4. The highest BCUT2D eigenvalue weighted by Gasteiger charge is 2.25. The molecule has 2 saturated heterocycles. The summed E-state index contributed by atoms with van der Waals surface area (Å²) in [6, 6.07) is 2.24. The lowest BCUT2D eigenvalue weighted by atomic mass is 10.3. The van der Waals surface area contributed by atoms with Crippen LogP contribution in [0.4, 0.5) is 5.82 Å². The molecule has 1 saturated carbocycles. The van der Waals surface area contributed by atoms with Gasteiger partial charge in [-0.1, -0.05) is 0 Å². The summed E-state index contributed by atoms with van der Waals surface area (Å²) in [7, 11) is 0. The smallest absolute Gasteiger partial charge is 0.326 e. The molecule has 3 aliphatic rings. The molecule has 0 spiro atoms. The summed E-state index contributed by atoms with van der Waals surface area (Å²) in [6.45, 7) is 5.96. The van der Waals surface area contributed by atoms with E-state index in [0.717, 1.165) is 37.2 Å². The van der Waals surface area contributed by atoms with E-state index < -0.39 is 5.69 Å². The number of H-pyrrole nitrogens is 2. The summed E-state index contributed by atoms with van der Waals surface area (Å²) >= 11 is 0. The number of ether oxygens (including phenoxy) is 1. The van der Waals surface area contributed by atoms with Gasteiger partial charge in [-0.15, -0.1) is 0 Å². The molecule has 3 aromatic heterocycles. The third-order valence-corrected chi connectivity index (χ3v) is 6.78. The molecule has 0 aromatic carbocycles. The van der Waals surface area contributed by atoms with Crippen LogP contribution in [0.2, 0.25) is 0 Å². The van der Waals surface area contributed by atoms with Gasteiger partial charge in [0.05, 0.1) is 32.0 Å². The van der Waals surface area contributed by atoms with E-state index in [1.807, 2.05) is 11.0 Å². The first-order valence-corrected chi connectivity index (χ1v) is 12.3. The molecule has 13 nitrogen and oxygen atoms in total. The Balaban J connectivity index is 1.26. The molecule has 0 atom stereocenters. The number of nitrogens with one attached hydrogen (secondary N) is 2. The van der Waals surface area contributed by atoms with Crippen molar-refractivity contribution in [2.24, 2.45) is 4.99 Å². The maximum absolute atomic E-state index is 12.8. The Kier molecular flexibility index (Phi) is 5.93. The number of nitrogens with zero attached hydrogens (tertiary/aromatic N) is 7. The van der Waals surface area contributed by atoms with Gasteiger partial charge in [-0.2, -0.15) is 9.61 Å². The van der Waals surface area contributed by atoms with Crippen LogP contribution in [0, 0.1) is 0 Å². The van der Waals surface area contributed by atoms with Crippen LogP contribution in [0.25, 0.3) is 11.7 Å². The molecule has 0 radical (unpaired) electrons. The summed E-state index contributed by atoms with van der Waals surface area (Å²) in [4.78, 5) is 45.2. The number of carbonyl (C=O) groups excluding carboxylic acids is 1. The van der Waals surface area contributed by atoms with E-state index in [0.29, 0.717) is 62.8 Å². The van der Waals surface area contributed by atoms with Crippen LogP contribution in [-0.2, 0) is 9.53 Å². The molecule has 1 aliphatic carbocycles. The lowest BCUT2D eigenvalue weighted by Crippen LogP contribution is -2.52. The monoisotopic (exact) mass is 495 g/mol. The molecule has 3 fully saturated rings. The van der Waals surface area contributed by atoms with Crippen LogP contribution < -0.4 is 21.3 Å². The number of aromatic amines is 2. The molecule has 0 bridgehead atoms. The fourth-order valence-corrected chi connectivity index (χ4v) is 4.58. The predicted octanol–water partition coefficient (Wildman–Crippen LogP) is -1.96. The quantitative estimate of drug-likeness (QED) is 0.370. The number of hydrogen-bond acceptors (Lipinski definition) is 9. The zero-order valence-electron chi connectivity index (χ0n) is 19.9. The number of rotatable bonds is 5. The predicted molar refractivity (Wildman–Crippen MR) is 129 cm³/mol. The molecule has 13 heteroatoms. The minimum Gasteiger partial charge on any atom is -0.493 e. The van der Waals surface area contributed by atoms with Gasteiger partial charge in [0.25, 0.3) is 0 Å². The van der Waals surface area contributed by atoms with Crippen molar-refractivity contribution in [1.29, 1.82) is 0 Å². The highest BCUT2D eigenvalue weighted by Crippen LogP contribution is 2.23. The molecule has 6 rings (SSSR count). The minimum atomic E-state index is -0.491. The Morgan fingerprint density at radius 3 is 2.64 bits per heavy atom. The van der Waals surface area contributed by atoms with Crippen molar-refractivity contribution in [2.45, 2.75) is 18.9 Å². The number of aromatic hydroxyl groups is 1. The van der Waals surface area contributed by atoms with Crippen molar-refractivity contribution in [3.63, 3.8) is 0 Å². The maximum Gasteiger partial charge on any atom is 0.326 e. The third kappa shape index (κ3) is 4.71. The molecule has 1 amide bonds. The van der Waals surface area contributed by atoms with Gasteiger partial charge in [0.15, 0.2) is 11.1 Å². The highest BCUT2D eigenvalue weighted by molar-refractivity contribution is 5.78. The van der Waals surface area contributed by atoms with Gasteiger partial charge in [-0.05, 0) is 18.9 Å². The molecule has 2 aliphatic heterocycles. The third-order valence-electron chi connectivity index (χ3n) is 6.78. The van der Waals surface area contributed by atoms with Crippen LogP contribution in [0.15, 0.2) is 22.1 Å². The second-order valence-corrected chi connectivity index (χ2v) is 9.41. The molecule has 0 unspecified atom stereocenters. The fourth-order valence-electron chi connectivity index (χ4n) is 4.58. The number of morpholine rings is 1. The lowest BCUT2D eigenvalue weighted by molar-refractivity contribution is -0.133. The van der Waals surface area contributed by atoms with Crippen LogP contribution in [0.3, 0.4) is 0 Å². The van der Waals surface area contributed by atoms with Crippen LogP contribution >= 0.6 is 0 Å². The average Bonchev–Trinajstić information content (AvgIpc) is 3.52. The number of aromatic nitrogens is 5. The molecule has 3 N–H and O–H groups in total. The lowest BCUT2D eigenvalue weighted by Gasteiger charge is -2.36. The summed E-state index contributed by atoms with van der Waals surface area (Å²) < 4.78 is 7.07. The van der Waals surface area contributed by atoms with E-state index in [4.69, 9.17) is 14.7 Å². The average molecular weight is 496 g/mol. The van der Waals surface area contributed by atoms with Crippen molar-refractivity contribution in [3.05, 3.63) is 39.1 Å². The fraction of sp³-hybridized carbons (Fsp3) is 0.522. The number of hydrogen-bond donors (Lipinski definition) is 3. The van der Waals surface area contributed by atoms with Crippen LogP contribution in [0.1, 0.15) is 18.5 Å². The van der Waals surface area contributed by atoms with Crippen LogP contribution in [0.5, 0.6) is 5.88 Å². The van der Waals surface area contributed by atoms with Crippen molar-refractivity contribution >= 4 is 23.4 Å². The Bertz CT molecular complexity index is 1440. The summed E-state index contributed by atoms with van der Waals surface area (Å²) in [5.74, 6) is 0.678. The number of amides is 1. The first-order valence-electron chi connectivity index (χ1n) is 12.3. The van der Waals surface area contributed by atoms with Crippen molar-refractivity contribution < 1.29 is 14.6 Å². The van der Waals surface area contributed by atoms with Crippen LogP contribution in [-0.4, -0.2) is 110 Å². The standard InChI is InChI=1S/C23H29N9O4/c33-20(14-29-7-9-36-10-8-29)31-5-3-30(4-6-31)18-12-19(25-16-1-2-16)32-21(27-18)15(13-24-32)11-17-22(34)28-23(35)26-17/h11-13,16,34H,1-10,14H2,(H2,26,28,35). The van der Waals surface area contributed by atoms with E-state index >= 15 is 0 Å². The van der Waals surface area contributed by atoms with Crippen molar-refractivity contribution in [2.75, 3.05) is 63.9 Å². The van der Waals surface area contributed by atoms with Gasteiger partial charge >= 0.3 is 5.69 Å². The normalized spacial score (nSPS) is 20.6. The van der Waals surface area contributed by atoms with Gasteiger partial charge < -0.3 is 24.6 Å². The summed E-state index contributed by atoms with van der Waals surface area (Å²) in [6.07, 6.45) is 5.39. The Morgan fingerprint density at radius 1 is 1.17 bits per heavy atom. The minimum absolute atomic E-state index is 0.150. The Morgan fingerprint density at radius 2 is 1.94 bits per heavy atom. The Hall–Kier alpha value is -3.71. The molecule has 36 heavy (non-hydrogen) atoms. The zero-order chi connectivity index (χ0) is 24.6. The SMILES string of the molecule is O=C(CN1CCOCC1)N1CCN(c2cc(=NC3CC3)n3ncc(=Cc4[nH]c(=O)[nH]c4O)c3n2)CC1. The van der Waals surface area contributed by atoms with Gasteiger partial charge in [0.1, 0.15) is 11.5 Å². The van der Waals surface area contributed by atoms with Gasteiger partial charge in [-0.25, -0.2) is 9.78 Å².